The van der Waals surface area contributed by atoms with Crippen LogP contribution in [0.1, 0.15) is 25.7 Å². The summed E-state index contributed by atoms with van der Waals surface area (Å²) in [6, 6.07) is 4.08. The molecule has 2 saturated carbocycles. The minimum absolute atomic E-state index is 0.893. The lowest BCUT2D eigenvalue weighted by Gasteiger charge is -2.22. The summed E-state index contributed by atoms with van der Waals surface area (Å²) in [6.07, 6.45) is 7.72. The van der Waals surface area contributed by atoms with Crippen LogP contribution in [0, 0.1) is 17.8 Å². The molecule has 1 N–H and O–H groups in total. The molecular formula is C13H17BrN2. The SMILES string of the molecule is Brc1ccc(NCC2CC3CCC2C3)nc1. The van der Waals surface area contributed by atoms with E-state index in [2.05, 4.69) is 26.2 Å². The monoisotopic (exact) mass is 280 g/mol. The average molecular weight is 281 g/mol. The molecule has 1 aromatic rings. The summed E-state index contributed by atoms with van der Waals surface area (Å²) in [5.41, 5.74) is 0. The van der Waals surface area contributed by atoms with E-state index in [1.807, 2.05) is 18.3 Å². The van der Waals surface area contributed by atoms with E-state index in [0.717, 1.165) is 34.6 Å². The molecule has 16 heavy (non-hydrogen) atoms. The molecule has 0 spiro atoms. The normalized spacial score (nSPS) is 31.9. The van der Waals surface area contributed by atoms with Crippen LogP contribution in [0.4, 0.5) is 5.82 Å². The average Bonchev–Trinajstić information content (AvgIpc) is 2.90. The van der Waals surface area contributed by atoms with E-state index in [4.69, 9.17) is 0 Å². The topological polar surface area (TPSA) is 24.9 Å². The van der Waals surface area contributed by atoms with Crippen LogP contribution in [-0.4, -0.2) is 11.5 Å². The number of halogens is 1. The van der Waals surface area contributed by atoms with Crippen LogP contribution < -0.4 is 5.32 Å². The quantitative estimate of drug-likeness (QED) is 0.914. The Balaban J connectivity index is 1.55. The number of pyridine rings is 1. The fraction of sp³-hybridized carbons (Fsp3) is 0.615. The number of aromatic nitrogens is 1. The van der Waals surface area contributed by atoms with Gasteiger partial charge in [-0.05, 0) is 65.1 Å². The van der Waals surface area contributed by atoms with Gasteiger partial charge in [0.1, 0.15) is 5.82 Å². The highest BCUT2D eigenvalue weighted by atomic mass is 79.9. The van der Waals surface area contributed by atoms with Gasteiger partial charge in [-0.3, -0.25) is 0 Å². The molecule has 3 rings (SSSR count). The molecule has 3 atom stereocenters. The number of anilines is 1. The van der Waals surface area contributed by atoms with Crippen LogP contribution >= 0.6 is 15.9 Å². The summed E-state index contributed by atoms with van der Waals surface area (Å²) in [4.78, 5) is 4.34. The molecule has 3 unspecified atom stereocenters. The number of hydrogen-bond acceptors (Lipinski definition) is 2. The first kappa shape index (κ1) is 10.6. The second-order valence-electron chi connectivity index (χ2n) is 5.18. The molecule has 0 saturated heterocycles. The first-order chi connectivity index (χ1) is 7.81. The summed E-state index contributed by atoms with van der Waals surface area (Å²) >= 11 is 3.40. The van der Waals surface area contributed by atoms with Crippen molar-refractivity contribution in [1.82, 2.24) is 4.98 Å². The summed E-state index contributed by atoms with van der Waals surface area (Å²) in [7, 11) is 0. The van der Waals surface area contributed by atoms with Gasteiger partial charge in [-0.1, -0.05) is 6.42 Å². The van der Waals surface area contributed by atoms with Crippen LogP contribution in [0.15, 0.2) is 22.8 Å². The van der Waals surface area contributed by atoms with E-state index < -0.39 is 0 Å². The summed E-state index contributed by atoms with van der Waals surface area (Å²) in [6.45, 7) is 1.11. The van der Waals surface area contributed by atoms with Gasteiger partial charge in [-0.25, -0.2) is 4.98 Å². The highest BCUT2D eigenvalue weighted by Crippen LogP contribution is 2.48. The molecule has 3 heteroatoms. The second kappa shape index (κ2) is 4.36. The van der Waals surface area contributed by atoms with E-state index >= 15 is 0 Å². The van der Waals surface area contributed by atoms with Crippen molar-refractivity contribution >= 4 is 21.7 Å². The maximum Gasteiger partial charge on any atom is 0.125 e. The van der Waals surface area contributed by atoms with Crippen molar-refractivity contribution in [1.29, 1.82) is 0 Å². The van der Waals surface area contributed by atoms with Crippen molar-refractivity contribution in [3.8, 4) is 0 Å². The fourth-order valence-electron chi connectivity index (χ4n) is 3.34. The maximum atomic E-state index is 4.34. The summed E-state index contributed by atoms with van der Waals surface area (Å²) in [5, 5.41) is 3.47. The number of nitrogens with one attached hydrogen (secondary N) is 1. The first-order valence-electron chi connectivity index (χ1n) is 6.16. The highest BCUT2D eigenvalue weighted by Gasteiger charge is 2.38. The molecule has 86 valence electrons. The van der Waals surface area contributed by atoms with Crippen molar-refractivity contribution < 1.29 is 0 Å². The molecular weight excluding hydrogens is 264 g/mol. The molecule has 2 fully saturated rings. The van der Waals surface area contributed by atoms with Gasteiger partial charge in [0, 0.05) is 17.2 Å². The van der Waals surface area contributed by atoms with Crippen molar-refractivity contribution in [3.05, 3.63) is 22.8 Å². The van der Waals surface area contributed by atoms with Gasteiger partial charge in [0.2, 0.25) is 0 Å². The molecule has 2 aliphatic carbocycles. The Labute approximate surface area is 105 Å². The Bertz CT molecular complexity index is 363. The molecule has 0 aliphatic heterocycles. The molecule has 2 aliphatic rings. The van der Waals surface area contributed by atoms with E-state index in [1.54, 1.807) is 0 Å². The third kappa shape index (κ3) is 2.10. The zero-order chi connectivity index (χ0) is 11.0. The van der Waals surface area contributed by atoms with Crippen LogP contribution in [0.5, 0.6) is 0 Å². The first-order valence-corrected chi connectivity index (χ1v) is 6.96. The summed E-state index contributed by atoms with van der Waals surface area (Å²) in [5.74, 6) is 3.93. The van der Waals surface area contributed by atoms with Crippen LogP contribution in [0.2, 0.25) is 0 Å². The Morgan fingerprint density at radius 1 is 1.31 bits per heavy atom. The van der Waals surface area contributed by atoms with E-state index in [9.17, 15) is 0 Å². The lowest BCUT2D eigenvalue weighted by atomic mass is 9.89. The third-order valence-corrected chi connectivity index (χ3v) is 4.63. The molecule has 0 aromatic carbocycles. The largest absolute Gasteiger partial charge is 0.370 e. The van der Waals surface area contributed by atoms with Crippen molar-refractivity contribution in [3.63, 3.8) is 0 Å². The Kier molecular flexibility index (Phi) is 2.88. The van der Waals surface area contributed by atoms with Gasteiger partial charge in [0.25, 0.3) is 0 Å². The van der Waals surface area contributed by atoms with E-state index in [-0.39, 0.29) is 0 Å². The zero-order valence-electron chi connectivity index (χ0n) is 9.32. The third-order valence-electron chi connectivity index (χ3n) is 4.16. The lowest BCUT2D eigenvalue weighted by Crippen LogP contribution is -2.20. The van der Waals surface area contributed by atoms with Crippen LogP contribution in [0.3, 0.4) is 0 Å². The Hall–Kier alpha value is -0.570. The molecule has 1 aromatic heterocycles. The smallest absolute Gasteiger partial charge is 0.125 e. The number of rotatable bonds is 3. The van der Waals surface area contributed by atoms with Crippen molar-refractivity contribution in [2.24, 2.45) is 17.8 Å². The van der Waals surface area contributed by atoms with Crippen molar-refractivity contribution in [2.45, 2.75) is 25.7 Å². The standard InChI is InChI=1S/C13H17BrN2/c14-12-3-4-13(16-8-12)15-7-11-6-9-1-2-10(11)5-9/h3-4,8-11H,1-2,5-7H2,(H,15,16). The Morgan fingerprint density at radius 2 is 2.25 bits per heavy atom. The van der Waals surface area contributed by atoms with Crippen LogP contribution in [-0.2, 0) is 0 Å². The molecule has 0 radical (unpaired) electrons. The number of fused-ring (bicyclic) bond motifs is 2. The highest BCUT2D eigenvalue weighted by molar-refractivity contribution is 9.10. The van der Waals surface area contributed by atoms with Gasteiger partial charge >= 0.3 is 0 Å². The predicted molar refractivity (Wildman–Crippen MR) is 69.4 cm³/mol. The van der Waals surface area contributed by atoms with E-state index in [0.29, 0.717) is 0 Å². The predicted octanol–water partition coefficient (Wildman–Crippen LogP) is 3.69. The maximum absolute atomic E-state index is 4.34. The number of nitrogens with zero attached hydrogens (tertiary/aromatic N) is 1. The van der Waals surface area contributed by atoms with Gasteiger partial charge in [-0.2, -0.15) is 0 Å². The Morgan fingerprint density at radius 3 is 2.88 bits per heavy atom. The summed E-state index contributed by atoms with van der Waals surface area (Å²) < 4.78 is 1.04. The number of hydrogen-bond donors (Lipinski definition) is 1. The van der Waals surface area contributed by atoms with Crippen molar-refractivity contribution in [2.75, 3.05) is 11.9 Å². The minimum atomic E-state index is 0.893. The molecule has 1 heterocycles. The lowest BCUT2D eigenvalue weighted by molar-refractivity contribution is 0.348. The second-order valence-corrected chi connectivity index (χ2v) is 6.09. The van der Waals surface area contributed by atoms with Gasteiger partial charge in [-0.15, -0.1) is 0 Å². The fourth-order valence-corrected chi connectivity index (χ4v) is 3.58. The zero-order valence-corrected chi connectivity index (χ0v) is 10.9. The van der Waals surface area contributed by atoms with Gasteiger partial charge in [0.05, 0.1) is 0 Å². The molecule has 2 nitrogen and oxygen atoms in total. The molecule has 0 amide bonds. The van der Waals surface area contributed by atoms with E-state index in [1.165, 1.54) is 25.7 Å². The van der Waals surface area contributed by atoms with Gasteiger partial charge in [0.15, 0.2) is 0 Å². The van der Waals surface area contributed by atoms with Gasteiger partial charge < -0.3 is 5.32 Å². The molecule has 2 bridgehead atoms. The van der Waals surface area contributed by atoms with Crippen LogP contribution in [0.25, 0.3) is 0 Å². The minimum Gasteiger partial charge on any atom is -0.370 e.